The number of rotatable bonds is 3. The van der Waals surface area contributed by atoms with E-state index in [-0.39, 0.29) is 5.91 Å². The minimum atomic E-state index is 0.237. The summed E-state index contributed by atoms with van der Waals surface area (Å²) >= 11 is 1.44. The predicted octanol–water partition coefficient (Wildman–Crippen LogP) is 1.16. The zero-order valence-corrected chi connectivity index (χ0v) is 11.3. The lowest BCUT2D eigenvalue weighted by atomic mass is 10.1. The molecule has 0 radical (unpaired) electrons. The summed E-state index contributed by atoms with van der Waals surface area (Å²) < 4.78 is 4.29. The Kier molecular flexibility index (Phi) is 3.61. The molecule has 1 saturated heterocycles. The second-order valence-electron chi connectivity index (χ2n) is 4.42. The fourth-order valence-electron chi connectivity index (χ4n) is 1.99. The van der Waals surface area contributed by atoms with Gasteiger partial charge in [-0.1, -0.05) is 6.92 Å². The third-order valence-corrected chi connectivity index (χ3v) is 4.07. The molecule has 1 atom stereocenters. The van der Waals surface area contributed by atoms with E-state index < -0.39 is 0 Å². The summed E-state index contributed by atoms with van der Waals surface area (Å²) in [5.74, 6) is 1.14. The van der Waals surface area contributed by atoms with Crippen molar-refractivity contribution >= 4 is 22.6 Å². The van der Waals surface area contributed by atoms with Crippen molar-refractivity contribution in [2.45, 2.75) is 32.2 Å². The number of likely N-dealkylation sites (tertiary alicyclic amines) is 1. The van der Waals surface area contributed by atoms with Crippen LogP contribution in [0, 0.1) is 0 Å². The van der Waals surface area contributed by atoms with Gasteiger partial charge in [0.2, 0.25) is 11.0 Å². The number of hydrogen-bond donors (Lipinski definition) is 0. The highest BCUT2D eigenvalue weighted by Gasteiger charge is 2.27. The molecular formula is C11H18N4OS. The van der Waals surface area contributed by atoms with E-state index in [4.69, 9.17) is 0 Å². The standard InChI is InChI=1S/C11H18N4OS/c1-4-9-12-11(17-13-9)15(3)8-5-6-10(16)14(2)7-8/h8H,4-7H2,1-3H3. The van der Waals surface area contributed by atoms with Gasteiger partial charge in [0.1, 0.15) is 5.82 Å². The topological polar surface area (TPSA) is 49.3 Å². The lowest BCUT2D eigenvalue weighted by molar-refractivity contribution is -0.132. The lowest BCUT2D eigenvalue weighted by Gasteiger charge is -2.35. The SMILES string of the molecule is CCc1nsc(N(C)C2CCC(=O)N(C)C2)n1. The van der Waals surface area contributed by atoms with Crippen LogP contribution >= 0.6 is 11.5 Å². The molecule has 0 aliphatic carbocycles. The summed E-state index contributed by atoms with van der Waals surface area (Å²) in [6.07, 6.45) is 2.40. The van der Waals surface area contributed by atoms with Crippen LogP contribution in [0.3, 0.4) is 0 Å². The molecule has 0 N–H and O–H groups in total. The fraction of sp³-hybridized carbons (Fsp3) is 0.727. The van der Waals surface area contributed by atoms with E-state index >= 15 is 0 Å². The molecular weight excluding hydrogens is 236 g/mol. The maximum atomic E-state index is 11.4. The minimum absolute atomic E-state index is 0.237. The van der Waals surface area contributed by atoms with Gasteiger partial charge in [0.15, 0.2) is 0 Å². The number of anilines is 1. The summed E-state index contributed by atoms with van der Waals surface area (Å²) in [6, 6.07) is 0.357. The molecule has 1 unspecified atom stereocenters. The van der Waals surface area contributed by atoms with Gasteiger partial charge in [-0.2, -0.15) is 4.37 Å². The highest BCUT2D eigenvalue weighted by molar-refractivity contribution is 7.09. The van der Waals surface area contributed by atoms with Crippen molar-refractivity contribution in [1.29, 1.82) is 0 Å². The number of piperidine rings is 1. The molecule has 1 aromatic rings. The number of carbonyl (C=O) groups is 1. The summed E-state index contributed by atoms with van der Waals surface area (Å²) in [7, 11) is 3.90. The number of carbonyl (C=O) groups excluding carboxylic acids is 1. The molecule has 6 heteroatoms. The Balaban J connectivity index is 2.04. The van der Waals surface area contributed by atoms with E-state index in [1.807, 2.05) is 14.1 Å². The highest BCUT2D eigenvalue weighted by Crippen LogP contribution is 2.23. The van der Waals surface area contributed by atoms with Crippen molar-refractivity contribution in [3.05, 3.63) is 5.82 Å². The summed E-state index contributed by atoms with van der Waals surface area (Å²) in [6.45, 7) is 2.83. The van der Waals surface area contributed by atoms with Crippen LogP contribution in [0.5, 0.6) is 0 Å². The normalized spacial score (nSPS) is 20.8. The molecule has 0 aromatic carbocycles. The molecule has 0 saturated carbocycles. The first-order valence-electron chi connectivity index (χ1n) is 5.91. The number of amides is 1. The van der Waals surface area contributed by atoms with E-state index in [1.54, 1.807) is 4.90 Å². The molecule has 2 rings (SSSR count). The Labute approximate surface area is 106 Å². The average Bonchev–Trinajstić information content (AvgIpc) is 2.80. The average molecular weight is 254 g/mol. The van der Waals surface area contributed by atoms with Gasteiger partial charge in [-0.05, 0) is 6.42 Å². The molecule has 94 valence electrons. The Morgan fingerprint density at radius 3 is 2.94 bits per heavy atom. The largest absolute Gasteiger partial charge is 0.345 e. The number of hydrogen-bond acceptors (Lipinski definition) is 5. The van der Waals surface area contributed by atoms with Crippen LogP contribution in [0.15, 0.2) is 0 Å². The molecule has 1 aliphatic rings. The first-order chi connectivity index (χ1) is 8.11. The lowest BCUT2D eigenvalue weighted by Crippen LogP contribution is -2.47. The number of aromatic nitrogens is 2. The second-order valence-corrected chi connectivity index (χ2v) is 5.15. The van der Waals surface area contributed by atoms with Crippen molar-refractivity contribution in [3.8, 4) is 0 Å². The highest BCUT2D eigenvalue weighted by atomic mass is 32.1. The van der Waals surface area contributed by atoms with Crippen molar-refractivity contribution in [2.75, 3.05) is 25.5 Å². The number of nitrogens with zero attached hydrogens (tertiary/aromatic N) is 4. The van der Waals surface area contributed by atoms with Gasteiger partial charge in [-0.25, -0.2) is 4.98 Å². The van der Waals surface area contributed by atoms with Crippen LogP contribution < -0.4 is 4.90 Å². The molecule has 1 amide bonds. The van der Waals surface area contributed by atoms with E-state index in [9.17, 15) is 4.79 Å². The number of likely N-dealkylation sites (N-methyl/N-ethyl adjacent to an activating group) is 2. The zero-order chi connectivity index (χ0) is 12.4. The van der Waals surface area contributed by atoms with Gasteiger partial charge < -0.3 is 9.80 Å². The van der Waals surface area contributed by atoms with E-state index in [1.165, 1.54) is 11.5 Å². The number of aryl methyl sites for hydroxylation is 1. The molecule has 0 spiro atoms. The van der Waals surface area contributed by atoms with Gasteiger partial charge in [0.25, 0.3) is 0 Å². The zero-order valence-electron chi connectivity index (χ0n) is 10.5. The Morgan fingerprint density at radius 2 is 2.35 bits per heavy atom. The van der Waals surface area contributed by atoms with E-state index in [0.29, 0.717) is 12.5 Å². The molecule has 2 heterocycles. The van der Waals surface area contributed by atoms with Gasteiger partial charge in [-0.15, -0.1) is 0 Å². The Morgan fingerprint density at radius 1 is 1.59 bits per heavy atom. The summed E-state index contributed by atoms with van der Waals surface area (Å²) in [5, 5.41) is 0.953. The minimum Gasteiger partial charge on any atom is -0.345 e. The van der Waals surface area contributed by atoms with Gasteiger partial charge in [0.05, 0.1) is 0 Å². The third kappa shape index (κ3) is 2.57. The van der Waals surface area contributed by atoms with Crippen molar-refractivity contribution in [2.24, 2.45) is 0 Å². The first kappa shape index (κ1) is 12.3. The Hall–Kier alpha value is -1.17. The first-order valence-corrected chi connectivity index (χ1v) is 6.68. The molecule has 1 aromatic heterocycles. The fourth-order valence-corrected chi connectivity index (χ4v) is 2.78. The van der Waals surface area contributed by atoms with E-state index in [0.717, 1.165) is 30.3 Å². The van der Waals surface area contributed by atoms with Crippen molar-refractivity contribution in [1.82, 2.24) is 14.3 Å². The van der Waals surface area contributed by atoms with Crippen LogP contribution in [0.2, 0.25) is 0 Å². The molecule has 17 heavy (non-hydrogen) atoms. The monoisotopic (exact) mass is 254 g/mol. The smallest absolute Gasteiger partial charge is 0.222 e. The molecule has 1 aliphatic heterocycles. The van der Waals surface area contributed by atoms with Crippen LogP contribution in [0.4, 0.5) is 5.13 Å². The molecule has 0 bridgehead atoms. The van der Waals surface area contributed by atoms with Crippen LogP contribution in [-0.2, 0) is 11.2 Å². The van der Waals surface area contributed by atoms with Gasteiger partial charge in [0, 0.05) is 51.1 Å². The van der Waals surface area contributed by atoms with Crippen LogP contribution in [-0.4, -0.2) is 46.8 Å². The molecule has 5 nitrogen and oxygen atoms in total. The summed E-state index contributed by atoms with van der Waals surface area (Å²) in [4.78, 5) is 19.9. The van der Waals surface area contributed by atoms with E-state index in [2.05, 4.69) is 21.2 Å². The Bertz CT molecular complexity index is 406. The van der Waals surface area contributed by atoms with Crippen molar-refractivity contribution in [3.63, 3.8) is 0 Å². The quantitative estimate of drug-likeness (QED) is 0.812. The maximum absolute atomic E-state index is 11.4. The van der Waals surface area contributed by atoms with Gasteiger partial charge >= 0.3 is 0 Å². The second kappa shape index (κ2) is 5.00. The maximum Gasteiger partial charge on any atom is 0.222 e. The van der Waals surface area contributed by atoms with Gasteiger partial charge in [-0.3, -0.25) is 4.79 Å². The third-order valence-electron chi connectivity index (χ3n) is 3.22. The van der Waals surface area contributed by atoms with Crippen LogP contribution in [0.25, 0.3) is 0 Å². The van der Waals surface area contributed by atoms with Crippen molar-refractivity contribution < 1.29 is 4.79 Å². The predicted molar refractivity (Wildman–Crippen MR) is 68.3 cm³/mol. The summed E-state index contributed by atoms with van der Waals surface area (Å²) in [5.41, 5.74) is 0. The molecule has 1 fully saturated rings. The van der Waals surface area contributed by atoms with Crippen LogP contribution in [0.1, 0.15) is 25.6 Å².